The van der Waals surface area contributed by atoms with Gasteiger partial charge < -0.3 is 9.84 Å². The van der Waals surface area contributed by atoms with E-state index in [0.717, 1.165) is 19.5 Å². The summed E-state index contributed by atoms with van der Waals surface area (Å²) in [5.74, 6) is -0.211. The molecule has 0 radical (unpaired) electrons. The Hall–Kier alpha value is -0.610. The molecule has 4 heteroatoms. The predicted octanol–water partition coefficient (Wildman–Crippen LogP) is 1.63. The molecular formula is C11H25NO3. The molecule has 4 nitrogen and oxygen atoms in total. The summed E-state index contributed by atoms with van der Waals surface area (Å²) in [6.45, 7) is 11.6. The van der Waals surface area contributed by atoms with Crippen LogP contribution in [0.2, 0.25) is 0 Å². The number of esters is 1. The minimum Gasteiger partial charge on any atom is -0.466 e. The molecule has 0 saturated heterocycles. The fourth-order valence-corrected chi connectivity index (χ4v) is 1.11. The summed E-state index contributed by atoms with van der Waals surface area (Å²) in [4.78, 5) is 11.8. The number of hydrogen-bond acceptors (Lipinski definition) is 4. The van der Waals surface area contributed by atoms with E-state index in [4.69, 9.17) is 0 Å². The summed E-state index contributed by atoms with van der Waals surface area (Å²) in [5, 5.41) is 9.24. The molecule has 0 aliphatic heterocycles. The topological polar surface area (TPSA) is 49.8 Å². The van der Waals surface area contributed by atoms with Crippen LogP contribution in [0.15, 0.2) is 0 Å². The second-order valence-corrected chi connectivity index (χ2v) is 3.03. The van der Waals surface area contributed by atoms with E-state index in [-0.39, 0.29) is 12.2 Å². The van der Waals surface area contributed by atoms with Crippen LogP contribution in [0.5, 0.6) is 0 Å². The summed E-state index contributed by atoms with van der Waals surface area (Å²) in [6, 6.07) is 0. The Labute approximate surface area is 93.2 Å². The van der Waals surface area contributed by atoms with Crippen molar-refractivity contribution in [2.45, 2.75) is 47.3 Å². The van der Waals surface area contributed by atoms with Gasteiger partial charge in [0.25, 0.3) is 0 Å². The molecule has 15 heavy (non-hydrogen) atoms. The number of hydrogen-bond donors (Lipinski definition) is 1. The van der Waals surface area contributed by atoms with Gasteiger partial charge in [-0.2, -0.15) is 0 Å². The predicted molar refractivity (Wildman–Crippen MR) is 61.5 cm³/mol. The van der Waals surface area contributed by atoms with Crippen molar-refractivity contribution in [3.8, 4) is 0 Å². The van der Waals surface area contributed by atoms with E-state index in [2.05, 4.69) is 18.6 Å². The average Bonchev–Trinajstić information content (AvgIpc) is 2.20. The monoisotopic (exact) mass is 219 g/mol. The van der Waals surface area contributed by atoms with Gasteiger partial charge in [-0.3, -0.25) is 9.69 Å². The Balaban J connectivity index is 0. The van der Waals surface area contributed by atoms with Gasteiger partial charge in [0.05, 0.1) is 6.61 Å². The summed E-state index contributed by atoms with van der Waals surface area (Å²) < 4.78 is 4.40. The van der Waals surface area contributed by atoms with Crippen LogP contribution in [-0.2, 0) is 9.53 Å². The van der Waals surface area contributed by atoms with Crippen LogP contribution < -0.4 is 0 Å². The molecule has 1 atom stereocenters. The highest BCUT2D eigenvalue weighted by atomic mass is 16.5. The van der Waals surface area contributed by atoms with Crippen LogP contribution in [0.25, 0.3) is 0 Å². The van der Waals surface area contributed by atoms with Gasteiger partial charge in [0.2, 0.25) is 0 Å². The van der Waals surface area contributed by atoms with Crippen molar-refractivity contribution in [2.75, 3.05) is 19.7 Å². The Morgan fingerprint density at radius 3 is 1.80 bits per heavy atom. The Bertz CT molecular complexity index is 147. The minimum atomic E-state index is -0.236. The molecule has 0 spiro atoms. The Morgan fingerprint density at radius 1 is 1.27 bits per heavy atom. The average molecular weight is 219 g/mol. The van der Waals surface area contributed by atoms with Gasteiger partial charge in [-0.05, 0) is 26.4 Å². The summed E-state index contributed by atoms with van der Waals surface area (Å²) in [7, 11) is 0. The molecule has 0 heterocycles. The third kappa shape index (κ3) is 11.3. The molecule has 1 N–H and O–H groups in total. The molecular weight excluding hydrogens is 194 g/mol. The van der Waals surface area contributed by atoms with Crippen LogP contribution in [0, 0.1) is 0 Å². The van der Waals surface area contributed by atoms with Gasteiger partial charge in [0, 0.05) is 6.92 Å². The number of rotatable bonds is 5. The molecule has 0 aromatic carbocycles. The smallest absolute Gasteiger partial charge is 0.302 e. The third-order valence-electron chi connectivity index (χ3n) is 1.95. The highest BCUT2D eigenvalue weighted by molar-refractivity contribution is 5.65. The summed E-state index contributed by atoms with van der Waals surface area (Å²) in [6.07, 6.45) is 0.585. The lowest BCUT2D eigenvalue weighted by Gasteiger charge is -2.23. The van der Waals surface area contributed by atoms with Gasteiger partial charge >= 0.3 is 5.97 Å². The van der Waals surface area contributed by atoms with Crippen molar-refractivity contribution in [3.63, 3.8) is 0 Å². The van der Waals surface area contributed by atoms with E-state index >= 15 is 0 Å². The third-order valence-corrected chi connectivity index (χ3v) is 1.95. The van der Waals surface area contributed by atoms with Crippen LogP contribution in [-0.4, -0.2) is 41.9 Å². The Kier molecular flexibility index (Phi) is 12.8. The van der Waals surface area contributed by atoms with Crippen molar-refractivity contribution in [2.24, 2.45) is 0 Å². The highest BCUT2D eigenvalue weighted by Crippen LogP contribution is 1.97. The lowest BCUT2D eigenvalue weighted by molar-refractivity contribution is -0.140. The number of nitrogens with zero attached hydrogens (tertiary/aromatic N) is 1. The zero-order valence-corrected chi connectivity index (χ0v) is 10.6. The molecule has 1 unspecified atom stereocenters. The minimum absolute atomic E-state index is 0.211. The molecule has 0 bridgehead atoms. The molecule has 0 aromatic rings. The number of ether oxygens (including phenoxy) is 1. The second-order valence-electron chi connectivity index (χ2n) is 3.03. The molecule has 0 aliphatic carbocycles. The van der Waals surface area contributed by atoms with Crippen LogP contribution in [0.3, 0.4) is 0 Å². The lowest BCUT2D eigenvalue weighted by atomic mass is 10.3. The van der Waals surface area contributed by atoms with Crippen molar-refractivity contribution in [1.82, 2.24) is 4.90 Å². The second kappa shape index (κ2) is 11.5. The maximum Gasteiger partial charge on any atom is 0.302 e. The van der Waals surface area contributed by atoms with E-state index in [9.17, 15) is 9.90 Å². The molecule has 92 valence electrons. The lowest BCUT2D eigenvalue weighted by Crippen LogP contribution is -2.34. The van der Waals surface area contributed by atoms with Crippen molar-refractivity contribution < 1.29 is 14.6 Å². The summed E-state index contributed by atoms with van der Waals surface area (Å²) >= 11 is 0. The van der Waals surface area contributed by atoms with E-state index in [1.165, 1.54) is 6.92 Å². The van der Waals surface area contributed by atoms with E-state index < -0.39 is 0 Å². The molecule has 0 aromatic heterocycles. The van der Waals surface area contributed by atoms with Crippen molar-refractivity contribution in [3.05, 3.63) is 0 Å². The quantitative estimate of drug-likeness (QED) is 0.564. The molecule has 0 fully saturated rings. The number of aliphatic hydroxyl groups is 1. The Morgan fingerprint density at radius 2 is 1.73 bits per heavy atom. The van der Waals surface area contributed by atoms with E-state index in [0.29, 0.717) is 6.61 Å². The van der Waals surface area contributed by atoms with Gasteiger partial charge in [0.15, 0.2) is 0 Å². The fourth-order valence-electron chi connectivity index (χ4n) is 1.11. The van der Waals surface area contributed by atoms with Gasteiger partial charge in [0.1, 0.15) is 6.23 Å². The normalized spacial score (nSPS) is 11.7. The van der Waals surface area contributed by atoms with Crippen LogP contribution in [0.1, 0.15) is 41.0 Å². The fraction of sp³-hybridized carbons (Fsp3) is 0.909. The van der Waals surface area contributed by atoms with Gasteiger partial charge in [-0.15, -0.1) is 0 Å². The van der Waals surface area contributed by atoms with Crippen molar-refractivity contribution in [1.29, 1.82) is 0 Å². The number of carbonyl (C=O) groups is 1. The first kappa shape index (κ1) is 16.8. The first-order valence-electron chi connectivity index (χ1n) is 5.58. The maximum absolute atomic E-state index is 9.82. The molecule has 0 aliphatic rings. The zero-order valence-electron chi connectivity index (χ0n) is 10.6. The van der Waals surface area contributed by atoms with E-state index in [1.54, 1.807) is 6.92 Å². The molecule has 0 amide bonds. The standard InChI is InChI=1S/C7H17NO.C4H8O2/c1-4-7(9)8(5-2)6-3;1-3-6-4(2)5/h7,9H,4-6H2,1-3H3;3H2,1-2H3. The van der Waals surface area contributed by atoms with Crippen LogP contribution >= 0.6 is 0 Å². The zero-order chi connectivity index (χ0) is 12.3. The van der Waals surface area contributed by atoms with Gasteiger partial charge in [-0.25, -0.2) is 0 Å². The first-order valence-corrected chi connectivity index (χ1v) is 5.58. The SMILES string of the molecule is CCC(O)N(CC)CC.CCOC(C)=O. The maximum atomic E-state index is 9.82. The van der Waals surface area contributed by atoms with Crippen molar-refractivity contribution >= 4 is 5.97 Å². The summed E-state index contributed by atoms with van der Waals surface area (Å²) in [5.41, 5.74) is 0. The van der Waals surface area contributed by atoms with E-state index in [1.807, 2.05) is 11.8 Å². The molecule has 0 rings (SSSR count). The molecule has 0 saturated carbocycles. The first-order chi connectivity index (χ1) is 7.03. The van der Waals surface area contributed by atoms with Gasteiger partial charge in [-0.1, -0.05) is 20.8 Å². The largest absolute Gasteiger partial charge is 0.466 e. The number of aliphatic hydroxyl groups excluding tert-OH is 1. The highest BCUT2D eigenvalue weighted by Gasteiger charge is 2.07. The van der Waals surface area contributed by atoms with Crippen LogP contribution in [0.4, 0.5) is 0 Å². The number of carbonyl (C=O) groups excluding carboxylic acids is 1.